The van der Waals surface area contributed by atoms with Crippen LogP contribution in [0.2, 0.25) is 0 Å². The molecule has 3 aromatic rings. The molecule has 0 aliphatic rings. The lowest BCUT2D eigenvalue weighted by Crippen LogP contribution is -2.22. The van der Waals surface area contributed by atoms with Crippen LogP contribution in [0, 0.1) is 0 Å². The van der Waals surface area contributed by atoms with Gasteiger partial charge in [0.2, 0.25) is 5.78 Å². The molecule has 0 unspecified atom stereocenters. The Labute approximate surface area is 159 Å². The monoisotopic (exact) mass is 379 g/mol. The van der Waals surface area contributed by atoms with Gasteiger partial charge in [-0.05, 0) is 41.8 Å². The first-order chi connectivity index (χ1) is 13.4. The molecule has 1 aromatic heterocycles. The molecule has 7 nitrogen and oxygen atoms in total. The Morgan fingerprint density at radius 1 is 1.04 bits per heavy atom. The van der Waals surface area contributed by atoms with Crippen molar-refractivity contribution in [3.8, 4) is 5.75 Å². The Balaban J connectivity index is 1.92. The number of hydrogen-bond acceptors (Lipinski definition) is 5. The Morgan fingerprint density at radius 3 is 2.36 bits per heavy atom. The molecule has 142 valence electrons. The molecule has 0 saturated carbocycles. The molecule has 0 fully saturated rings. The predicted octanol–water partition coefficient (Wildman–Crippen LogP) is 2.35. The molecule has 0 amide bonds. The Morgan fingerprint density at radius 2 is 1.71 bits per heavy atom. The van der Waals surface area contributed by atoms with Crippen molar-refractivity contribution >= 4 is 28.4 Å². The highest BCUT2D eigenvalue weighted by molar-refractivity contribution is 6.37. The van der Waals surface area contributed by atoms with Crippen LogP contribution in [0.1, 0.15) is 27.9 Å². The minimum absolute atomic E-state index is 0.233. The van der Waals surface area contributed by atoms with Gasteiger partial charge in [0.15, 0.2) is 11.2 Å². The number of carboxylic acid groups (broad SMARTS) is 1. The summed E-state index contributed by atoms with van der Waals surface area (Å²) in [6, 6.07) is 12.8. The molecule has 0 aliphatic carbocycles. The first kappa shape index (κ1) is 19.0. The third kappa shape index (κ3) is 3.98. The summed E-state index contributed by atoms with van der Waals surface area (Å²) in [5, 5.41) is 8.94. The number of hydrogen-bond donors (Lipinski definition) is 2. The van der Waals surface area contributed by atoms with E-state index in [1.54, 1.807) is 19.2 Å². The summed E-state index contributed by atoms with van der Waals surface area (Å²) >= 11 is 0. The number of carbonyl (C=O) groups excluding carboxylic acids is 2. The number of nitrogens with one attached hydrogen (secondary N) is 1. The average Bonchev–Trinajstić information content (AvgIpc) is 2.69. The number of ether oxygens (including phenoxy) is 1. The number of ketones is 2. The van der Waals surface area contributed by atoms with Gasteiger partial charge in [0, 0.05) is 17.1 Å². The number of methoxy groups -OCH3 is 1. The fourth-order valence-corrected chi connectivity index (χ4v) is 2.88. The Kier molecular flexibility index (Phi) is 5.35. The third-order valence-corrected chi connectivity index (χ3v) is 4.37. The lowest BCUT2D eigenvalue weighted by Gasteiger charge is -2.07. The van der Waals surface area contributed by atoms with E-state index in [1.165, 1.54) is 6.20 Å². The number of carboxylic acids is 1. The number of aromatic nitrogens is 1. The van der Waals surface area contributed by atoms with E-state index >= 15 is 0 Å². The fourth-order valence-electron chi connectivity index (χ4n) is 2.88. The molecular weight excluding hydrogens is 362 g/mol. The molecule has 0 bridgehead atoms. The van der Waals surface area contributed by atoms with Crippen molar-refractivity contribution < 1.29 is 24.2 Å². The number of aromatic amines is 1. The van der Waals surface area contributed by atoms with Crippen LogP contribution in [0.25, 0.3) is 10.9 Å². The molecular formula is C21H17NO6. The van der Waals surface area contributed by atoms with Crippen molar-refractivity contribution in [2.45, 2.75) is 12.8 Å². The number of aliphatic carboxylic acids is 1. The Hall–Kier alpha value is -3.74. The molecule has 0 saturated heterocycles. The van der Waals surface area contributed by atoms with Crippen molar-refractivity contribution in [3.05, 3.63) is 75.6 Å². The summed E-state index contributed by atoms with van der Waals surface area (Å²) in [4.78, 5) is 49.6. The number of Topliss-reactive ketones (excluding diaryl/α,β-unsaturated/α-hetero) is 2. The van der Waals surface area contributed by atoms with E-state index in [2.05, 4.69) is 4.98 Å². The SMILES string of the molecule is COc1ccc(Cc2ccc3[nH]cc(C(=O)CC(=O)C(=O)O)c(=O)c3c2)cc1. The summed E-state index contributed by atoms with van der Waals surface area (Å²) < 4.78 is 5.13. The van der Waals surface area contributed by atoms with Gasteiger partial charge in [-0.2, -0.15) is 0 Å². The van der Waals surface area contributed by atoms with Gasteiger partial charge in [0.1, 0.15) is 5.75 Å². The summed E-state index contributed by atoms with van der Waals surface area (Å²) in [5.74, 6) is -3.03. The summed E-state index contributed by atoms with van der Waals surface area (Å²) in [7, 11) is 1.59. The van der Waals surface area contributed by atoms with Gasteiger partial charge < -0.3 is 14.8 Å². The van der Waals surface area contributed by atoms with Gasteiger partial charge in [-0.15, -0.1) is 0 Å². The lowest BCUT2D eigenvalue weighted by atomic mass is 10.0. The zero-order valence-electron chi connectivity index (χ0n) is 15.0. The van der Waals surface area contributed by atoms with E-state index in [0.29, 0.717) is 17.3 Å². The lowest BCUT2D eigenvalue weighted by molar-refractivity contribution is -0.148. The van der Waals surface area contributed by atoms with Crippen molar-refractivity contribution in [1.82, 2.24) is 4.98 Å². The minimum atomic E-state index is -1.70. The van der Waals surface area contributed by atoms with Gasteiger partial charge >= 0.3 is 5.97 Å². The van der Waals surface area contributed by atoms with E-state index in [9.17, 15) is 19.2 Å². The maximum Gasteiger partial charge on any atom is 0.372 e. The normalized spacial score (nSPS) is 10.6. The second kappa shape index (κ2) is 7.87. The fraction of sp³-hybridized carbons (Fsp3) is 0.143. The van der Waals surface area contributed by atoms with E-state index < -0.39 is 29.4 Å². The number of H-pyrrole nitrogens is 1. The van der Waals surface area contributed by atoms with Crippen LogP contribution in [0.5, 0.6) is 5.75 Å². The number of pyridine rings is 1. The largest absolute Gasteiger partial charge is 0.497 e. The zero-order chi connectivity index (χ0) is 20.3. The highest BCUT2D eigenvalue weighted by atomic mass is 16.5. The van der Waals surface area contributed by atoms with E-state index in [-0.39, 0.29) is 5.56 Å². The summed E-state index contributed by atoms with van der Waals surface area (Å²) in [6.45, 7) is 0. The number of carbonyl (C=O) groups is 3. The van der Waals surface area contributed by atoms with Gasteiger partial charge in [0.05, 0.1) is 19.1 Å². The maximum atomic E-state index is 12.7. The molecule has 0 atom stereocenters. The summed E-state index contributed by atoms with van der Waals surface area (Å²) in [5.41, 5.74) is 1.67. The maximum absolute atomic E-state index is 12.7. The topological polar surface area (TPSA) is 114 Å². The van der Waals surface area contributed by atoms with E-state index in [1.807, 2.05) is 30.3 Å². The Bertz CT molecular complexity index is 1130. The first-order valence-corrected chi connectivity index (χ1v) is 8.45. The van der Waals surface area contributed by atoms with Crippen LogP contribution >= 0.6 is 0 Å². The molecule has 2 N–H and O–H groups in total. The van der Waals surface area contributed by atoms with Crippen LogP contribution < -0.4 is 10.2 Å². The van der Waals surface area contributed by atoms with Gasteiger partial charge in [0.25, 0.3) is 0 Å². The third-order valence-electron chi connectivity index (χ3n) is 4.37. The summed E-state index contributed by atoms with van der Waals surface area (Å²) in [6.07, 6.45) is 0.940. The molecule has 3 rings (SSSR count). The molecule has 0 spiro atoms. The molecule has 0 aliphatic heterocycles. The smallest absolute Gasteiger partial charge is 0.372 e. The molecule has 7 heteroatoms. The van der Waals surface area contributed by atoms with Crippen molar-refractivity contribution in [3.63, 3.8) is 0 Å². The molecule has 2 aromatic carbocycles. The standard InChI is InChI=1S/C21H17NO6/c1-28-14-5-2-12(3-6-14)8-13-4-7-17-15(9-13)20(25)16(11-22-17)18(23)10-19(24)21(26)27/h2-7,9,11H,8,10H2,1H3,(H,22,25)(H,26,27). The van der Waals surface area contributed by atoms with Gasteiger partial charge in [-0.25, -0.2) is 4.79 Å². The quantitative estimate of drug-likeness (QED) is 0.370. The van der Waals surface area contributed by atoms with Crippen LogP contribution in [-0.4, -0.2) is 34.7 Å². The van der Waals surface area contributed by atoms with Crippen LogP contribution in [-0.2, 0) is 16.0 Å². The highest BCUT2D eigenvalue weighted by Crippen LogP contribution is 2.18. The average molecular weight is 379 g/mol. The van der Waals surface area contributed by atoms with E-state index in [0.717, 1.165) is 16.9 Å². The zero-order valence-corrected chi connectivity index (χ0v) is 15.0. The first-order valence-electron chi connectivity index (χ1n) is 8.45. The van der Waals surface area contributed by atoms with E-state index in [4.69, 9.17) is 9.84 Å². The van der Waals surface area contributed by atoms with Gasteiger partial charge in [-0.3, -0.25) is 14.4 Å². The molecule has 1 heterocycles. The van der Waals surface area contributed by atoms with Crippen molar-refractivity contribution in [2.24, 2.45) is 0 Å². The van der Waals surface area contributed by atoms with Crippen LogP contribution in [0.3, 0.4) is 0 Å². The molecule has 28 heavy (non-hydrogen) atoms. The molecule has 0 radical (unpaired) electrons. The van der Waals surface area contributed by atoms with Crippen LogP contribution in [0.4, 0.5) is 0 Å². The number of fused-ring (bicyclic) bond motifs is 1. The number of rotatable bonds is 7. The van der Waals surface area contributed by atoms with Crippen molar-refractivity contribution in [1.29, 1.82) is 0 Å². The van der Waals surface area contributed by atoms with Gasteiger partial charge in [-0.1, -0.05) is 18.2 Å². The highest BCUT2D eigenvalue weighted by Gasteiger charge is 2.20. The second-order valence-electron chi connectivity index (χ2n) is 6.26. The van der Waals surface area contributed by atoms with Crippen molar-refractivity contribution in [2.75, 3.05) is 7.11 Å². The number of benzene rings is 2. The minimum Gasteiger partial charge on any atom is -0.497 e. The predicted molar refractivity (Wildman–Crippen MR) is 102 cm³/mol. The van der Waals surface area contributed by atoms with Crippen LogP contribution in [0.15, 0.2) is 53.5 Å². The second-order valence-corrected chi connectivity index (χ2v) is 6.26.